The van der Waals surface area contributed by atoms with Gasteiger partial charge in [0.15, 0.2) is 0 Å². The number of benzene rings is 1. The highest BCUT2D eigenvalue weighted by Gasteiger charge is 2.06. The van der Waals surface area contributed by atoms with Crippen molar-refractivity contribution in [2.75, 3.05) is 25.6 Å². The van der Waals surface area contributed by atoms with Crippen LogP contribution < -0.4 is 11.1 Å². The van der Waals surface area contributed by atoms with Crippen molar-refractivity contribution in [1.29, 1.82) is 0 Å². The summed E-state index contributed by atoms with van der Waals surface area (Å²) in [6, 6.07) is 7.12. The van der Waals surface area contributed by atoms with Gasteiger partial charge < -0.3 is 20.5 Å². The van der Waals surface area contributed by atoms with E-state index in [1.54, 1.807) is 31.4 Å². The number of rotatable bonds is 8. The van der Waals surface area contributed by atoms with E-state index in [0.717, 1.165) is 5.56 Å². The lowest BCUT2D eigenvalue weighted by molar-refractivity contribution is -0.117. The summed E-state index contributed by atoms with van der Waals surface area (Å²) in [5.41, 5.74) is 6.94. The Bertz CT molecular complexity index is 465. The van der Waals surface area contributed by atoms with Crippen molar-refractivity contribution >= 4 is 28.8 Å². The van der Waals surface area contributed by atoms with Gasteiger partial charge >= 0.3 is 0 Å². The minimum Gasteiger partial charge on any atom is -0.389 e. The van der Waals surface area contributed by atoms with Crippen LogP contribution >= 0.6 is 12.2 Å². The Balaban J connectivity index is 2.39. The Labute approximate surface area is 124 Å². The maximum absolute atomic E-state index is 11.7. The van der Waals surface area contributed by atoms with E-state index in [4.69, 9.17) is 27.4 Å². The zero-order chi connectivity index (χ0) is 15.0. The van der Waals surface area contributed by atoms with Crippen molar-refractivity contribution in [2.45, 2.75) is 19.4 Å². The molecule has 0 bridgehead atoms. The predicted octanol–water partition coefficient (Wildman–Crippen LogP) is 1.70. The maximum atomic E-state index is 11.7. The number of nitrogens with one attached hydrogen (secondary N) is 1. The molecule has 0 radical (unpaired) electrons. The van der Waals surface area contributed by atoms with E-state index in [-0.39, 0.29) is 18.4 Å². The van der Waals surface area contributed by atoms with Gasteiger partial charge in [0.05, 0.1) is 25.7 Å². The van der Waals surface area contributed by atoms with Gasteiger partial charge in [-0.05, 0) is 19.1 Å². The van der Waals surface area contributed by atoms with Gasteiger partial charge in [0, 0.05) is 18.4 Å². The van der Waals surface area contributed by atoms with Crippen LogP contribution in [0.3, 0.4) is 0 Å². The molecule has 0 aromatic heterocycles. The second-order valence-electron chi connectivity index (χ2n) is 4.38. The molecule has 0 aliphatic rings. The van der Waals surface area contributed by atoms with Crippen molar-refractivity contribution in [3.63, 3.8) is 0 Å². The average Bonchev–Trinajstić information content (AvgIpc) is 2.39. The molecule has 1 atom stereocenters. The molecule has 0 aliphatic carbocycles. The zero-order valence-electron chi connectivity index (χ0n) is 11.7. The van der Waals surface area contributed by atoms with Gasteiger partial charge in [-0.15, -0.1) is 0 Å². The van der Waals surface area contributed by atoms with E-state index < -0.39 is 0 Å². The van der Waals surface area contributed by atoms with Crippen LogP contribution in [0.25, 0.3) is 0 Å². The van der Waals surface area contributed by atoms with E-state index in [2.05, 4.69) is 5.32 Å². The summed E-state index contributed by atoms with van der Waals surface area (Å²) in [5, 5.41) is 2.78. The molecule has 6 heteroatoms. The first kappa shape index (κ1) is 16.6. The number of amides is 1. The number of carbonyl (C=O) groups excluding carboxylic acids is 1. The highest BCUT2D eigenvalue weighted by atomic mass is 32.1. The van der Waals surface area contributed by atoms with Gasteiger partial charge in [-0.25, -0.2) is 0 Å². The second-order valence-corrected chi connectivity index (χ2v) is 4.82. The third kappa shape index (κ3) is 6.10. The third-order valence-corrected chi connectivity index (χ3v) is 2.80. The standard InChI is InChI=1S/C14H20N2O3S/c1-10(9-18-2)19-7-6-13(17)16-12-5-3-4-11(8-12)14(15)20/h3-5,8,10H,6-7,9H2,1-2H3,(H2,15,20)(H,16,17). The molecule has 1 unspecified atom stereocenters. The Morgan fingerprint density at radius 2 is 2.25 bits per heavy atom. The first-order chi connectivity index (χ1) is 9.52. The summed E-state index contributed by atoms with van der Waals surface area (Å²) in [6.07, 6.45) is 0.261. The smallest absolute Gasteiger partial charge is 0.226 e. The van der Waals surface area contributed by atoms with E-state index in [1.807, 2.05) is 6.92 Å². The molecule has 1 amide bonds. The topological polar surface area (TPSA) is 73.6 Å². The number of hydrogen-bond acceptors (Lipinski definition) is 4. The molecule has 1 aromatic carbocycles. The number of carbonyl (C=O) groups is 1. The molecule has 0 aliphatic heterocycles. The molecule has 0 spiro atoms. The van der Waals surface area contributed by atoms with Gasteiger partial charge in [0.2, 0.25) is 5.91 Å². The molecular weight excluding hydrogens is 276 g/mol. The van der Waals surface area contributed by atoms with Crippen molar-refractivity contribution in [3.8, 4) is 0 Å². The van der Waals surface area contributed by atoms with Gasteiger partial charge in [-0.2, -0.15) is 0 Å². The first-order valence-electron chi connectivity index (χ1n) is 6.33. The quantitative estimate of drug-likeness (QED) is 0.714. The van der Waals surface area contributed by atoms with E-state index in [9.17, 15) is 4.79 Å². The Morgan fingerprint density at radius 1 is 1.50 bits per heavy atom. The highest BCUT2D eigenvalue weighted by molar-refractivity contribution is 7.80. The summed E-state index contributed by atoms with van der Waals surface area (Å²) in [4.78, 5) is 12.1. The molecule has 0 saturated carbocycles. The van der Waals surface area contributed by atoms with Crippen LogP contribution in [-0.4, -0.2) is 37.3 Å². The second kappa shape index (κ2) is 8.63. The lowest BCUT2D eigenvalue weighted by atomic mass is 10.2. The summed E-state index contributed by atoms with van der Waals surface area (Å²) < 4.78 is 10.4. The van der Waals surface area contributed by atoms with Crippen LogP contribution in [0.1, 0.15) is 18.9 Å². The maximum Gasteiger partial charge on any atom is 0.226 e. The zero-order valence-corrected chi connectivity index (χ0v) is 12.5. The van der Waals surface area contributed by atoms with E-state index in [1.165, 1.54) is 0 Å². The van der Waals surface area contributed by atoms with Crippen LogP contribution in [0.5, 0.6) is 0 Å². The molecule has 110 valence electrons. The molecule has 3 N–H and O–H groups in total. The van der Waals surface area contributed by atoms with Gasteiger partial charge in [-0.3, -0.25) is 4.79 Å². The average molecular weight is 296 g/mol. The van der Waals surface area contributed by atoms with Crippen LogP contribution in [0.4, 0.5) is 5.69 Å². The summed E-state index contributed by atoms with van der Waals surface area (Å²) in [5.74, 6) is -0.116. The van der Waals surface area contributed by atoms with Gasteiger partial charge in [0.1, 0.15) is 4.99 Å². The largest absolute Gasteiger partial charge is 0.389 e. The molecular formula is C14H20N2O3S. The summed E-state index contributed by atoms with van der Waals surface area (Å²) >= 11 is 4.89. The van der Waals surface area contributed by atoms with Crippen LogP contribution in [0.2, 0.25) is 0 Å². The number of methoxy groups -OCH3 is 1. The normalized spacial score (nSPS) is 11.9. The van der Waals surface area contributed by atoms with Crippen molar-refractivity contribution in [1.82, 2.24) is 0 Å². The van der Waals surface area contributed by atoms with E-state index >= 15 is 0 Å². The lowest BCUT2D eigenvalue weighted by Crippen LogP contribution is -2.19. The minimum atomic E-state index is -0.116. The molecule has 20 heavy (non-hydrogen) atoms. The van der Waals surface area contributed by atoms with Crippen LogP contribution in [0, 0.1) is 0 Å². The SMILES string of the molecule is COCC(C)OCCC(=O)Nc1cccc(C(N)=S)c1. The predicted molar refractivity (Wildman–Crippen MR) is 82.9 cm³/mol. The lowest BCUT2D eigenvalue weighted by Gasteiger charge is -2.12. The Kier molecular flexibility index (Phi) is 7.14. The molecule has 1 rings (SSSR count). The number of ether oxygens (including phenoxy) is 2. The van der Waals surface area contributed by atoms with Crippen molar-refractivity contribution in [3.05, 3.63) is 29.8 Å². The molecule has 0 fully saturated rings. The fraction of sp³-hybridized carbons (Fsp3) is 0.429. The summed E-state index contributed by atoms with van der Waals surface area (Å²) in [6.45, 7) is 2.76. The fourth-order valence-electron chi connectivity index (χ4n) is 1.61. The van der Waals surface area contributed by atoms with Crippen LogP contribution in [0.15, 0.2) is 24.3 Å². The molecule has 5 nitrogen and oxygen atoms in total. The number of nitrogens with two attached hydrogens (primary N) is 1. The van der Waals surface area contributed by atoms with Gasteiger partial charge in [0.25, 0.3) is 0 Å². The first-order valence-corrected chi connectivity index (χ1v) is 6.74. The number of anilines is 1. The highest BCUT2D eigenvalue weighted by Crippen LogP contribution is 2.11. The fourth-order valence-corrected chi connectivity index (χ4v) is 1.74. The monoisotopic (exact) mass is 296 g/mol. The molecule has 1 aromatic rings. The van der Waals surface area contributed by atoms with Crippen LogP contribution in [-0.2, 0) is 14.3 Å². The Morgan fingerprint density at radius 3 is 2.90 bits per heavy atom. The van der Waals surface area contributed by atoms with Crippen molar-refractivity contribution in [2.24, 2.45) is 5.73 Å². The number of thiocarbonyl (C=S) groups is 1. The van der Waals surface area contributed by atoms with E-state index in [0.29, 0.717) is 23.9 Å². The Hall–Kier alpha value is -1.50. The van der Waals surface area contributed by atoms with Crippen molar-refractivity contribution < 1.29 is 14.3 Å². The molecule has 0 saturated heterocycles. The van der Waals surface area contributed by atoms with Gasteiger partial charge in [-0.1, -0.05) is 24.4 Å². The minimum absolute atomic E-state index is 0.0225. The number of hydrogen-bond donors (Lipinski definition) is 2. The molecule has 0 heterocycles. The third-order valence-electron chi connectivity index (χ3n) is 2.56. The summed E-state index contributed by atoms with van der Waals surface area (Å²) in [7, 11) is 1.61.